The van der Waals surface area contributed by atoms with E-state index < -0.39 is 0 Å². The van der Waals surface area contributed by atoms with Gasteiger partial charge >= 0.3 is 0 Å². The number of benzene rings is 2. The standard InChI is InChI=1S/C28H35N3O3/c1-28(2)18-31(27(32)23-8-5-9-25-26(23)34-19-33-25)17-20-16-22(10-11-24(20)28)30-14-12-29(13-15-30)21-6-3-4-7-21/h5,8-11,16,21H,3-4,6-7,12-15,17-19H2,1-2H3. The number of rotatable bonds is 3. The number of nitrogens with zero attached hydrogens (tertiary/aromatic N) is 3. The van der Waals surface area contributed by atoms with E-state index in [9.17, 15) is 4.79 Å². The largest absolute Gasteiger partial charge is 0.454 e. The molecule has 0 aromatic heterocycles. The molecule has 4 aliphatic rings. The molecule has 6 heteroatoms. The van der Waals surface area contributed by atoms with Gasteiger partial charge in [-0.15, -0.1) is 0 Å². The van der Waals surface area contributed by atoms with E-state index in [1.807, 2.05) is 23.1 Å². The molecule has 2 aromatic carbocycles. The summed E-state index contributed by atoms with van der Waals surface area (Å²) in [6.45, 7) is 10.4. The van der Waals surface area contributed by atoms with Crippen molar-refractivity contribution in [1.29, 1.82) is 0 Å². The van der Waals surface area contributed by atoms with Gasteiger partial charge in [0.15, 0.2) is 11.5 Å². The minimum absolute atomic E-state index is 0.0108. The van der Waals surface area contributed by atoms with Crippen LogP contribution in [0.4, 0.5) is 5.69 Å². The zero-order valence-electron chi connectivity index (χ0n) is 20.4. The molecule has 1 aliphatic carbocycles. The molecule has 3 aliphatic heterocycles. The van der Waals surface area contributed by atoms with Crippen molar-refractivity contribution >= 4 is 11.6 Å². The molecule has 2 fully saturated rings. The molecule has 1 saturated carbocycles. The van der Waals surface area contributed by atoms with Crippen molar-refractivity contribution < 1.29 is 14.3 Å². The fraction of sp³-hybridized carbons (Fsp3) is 0.536. The topological polar surface area (TPSA) is 45.3 Å². The number of hydrogen-bond donors (Lipinski definition) is 0. The lowest BCUT2D eigenvalue weighted by Gasteiger charge is -2.42. The van der Waals surface area contributed by atoms with Crippen LogP contribution in [0.1, 0.15) is 61.0 Å². The van der Waals surface area contributed by atoms with E-state index in [4.69, 9.17) is 9.47 Å². The number of fused-ring (bicyclic) bond motifs is 2. The Morgan fingerprint density at radius 2 is 1.79 bits per heavy atom. The van der Waals surface area contributed by atoms with Crippen LogP contribution in [0.15, 0.2) is 36.4 Å². The second-order valence-corrected chi connectivity index (χ2v) is 10.9. The molecule has 0 radical (unpaired) electrons. The molecular formula is C28H35N3O3. The Labute approximate surface area is 202 Å². The predicted molar refractivity (Wildman–Crippen MR) is 133 cm³/mol. The zero-order valence-corrected chi connectivity index (χ0v) is 20.4. The van der Waals surface area contributed by atoms with Gasteiger partial charge < -0.3 is 19.3 Å². The molecule has 180 valence electrons. The van der Waals surface area contributed by atoms with E-state index in [0.717, 1.165) is 32.2 Å². The number of carbonyl (C=O) groups excluding carboxylic acids is 1. The third kappa shape index (κ3) is 3.82. The van der Waals surface area contributed by atoms with Crippen LogP contribution in [0.2, 0.25) is 0 Å². The predicted octanol–water partition coefficient (Wildman–Crippen LogP) is 4.41. The molecule has 0 spiro atoms. The highest BCUT2D eigenvalue weighted by Gasteiger charge is 2.36. The summed E-state index contributed by atoms with van der Waals surface area (Å²) in [5.41, 5.74) is 4.37. The summed E-state index contributed by atoms with van der Waals surface area (Å²) < 4.78 is 11.1. The van der Waals surface area contributed by atoms with Crippen LogP contribution in [-0.2, 0) is 12.0 Å². The Hall–Kier alpha value is -2.73. The maximum Gasteiger partial charge on any atom is 0.258 e. The summed E-state index contributed by atoms with van der Waals surface area (Å²) in [6, 6.07) is 13.3. The van der Waals surface area contributed by atoms with Crippen molar-refractivity contribution in [3.63, 3.8) is 0 Å². The second-order valence-electron chi connectivity index (χ2n) is 10.9. The van der Waals surface area contributed by atoms with Gasteiger partial charge in [0.1, 0.15) is 0 Å². The van der Waals surface area contributed by atoms with Crippen LogP contribution >= 0.6 is 0 Å². The molecular weight excluding hydrogens is 426 g/mol. The number of para-hydroxylation sites is 1. The monoisotopic (exact) mass is 461 g/mol. The van der Waals surface area contributed by atoms with E-state index in [1.54, 1.807) is 0 Å². The lowest BCUT2D eigenvalue weighted by Crippen LogP contribution is -2.50. The lowest BCUT2D eigenvalue weighted by molar-refractivity contribution is 0.0681. The molecule has 3 heterocycles. The number of piperazine rings is 1. The van der Waals surface area contributed by atoms with Crippen LogP contribution in [0.25, 0.3) is 0 Å². The summed E-state index contributed by atoms with van der Waals surface area (Å²) in [5.74, 6) is 1.24. The van der Waals surface area contributed by atoms with Crippen molar-refractivity contribution in [2.75, 3.05) is 44.4 Å². The smallest absolute Gasteiger partial charge is 0.258 e. The van der Waals surface area contributed by atoms with Gasteiger partial charge in [0, 0.05) is 56.4 Å². The first-order valence-corrected chi connectivity index (χ1v) is 12.8. The van der Waals surface area contributed by atoms with Crippen LogP contribution < -0.4 is 14.4 Å². The minimum atomic E-state index is -0.113. The minimum Gasteiger partial charge on any atom is -0.454 e. The first-order valence-electron chi connectivity index (χ1n) is 12.8. The summed E-state index contributed by atoms with van der Waals surface area (Å²) in [5, 5.41) is 0. The lowest BCUT2D eigenvalue weighted by atomic mass is 9.78. The zero-order chi connectivity index (χ0) is 23.3. The summed E-state index contributed by atoms with van der Waals surface area (Å²) >= 11 is 0. The number of carbonyl (C=O) groups is 1. The molecule has 0 bridgehead atoms. The quantitative estimate of drug-likeness (QED) is 0.677. The third-order valence-electron chi connectivity index (χ3n) is 8.20. The van der Waals surface area contributed by atoms with Gasteiger partial charge in [-0.2, -0.15) is 0 Å². The first kappa shape index (κ1) is 21.8. The van der Waals surface area contributed by atoms with Crippen molar-refractivity contribution in [3.8, 4) is 11.5 Å². The third-order valence-corrected chi connectivity index (χ3v) is 8.20. The molecule has 0 N–H and O–H groups in total. The Kier molecular flexibility index (Phi) is 5.44. The van der Waals surface area contributed by atoms with Gasteiger partial charge in [0.05, 0.1) is 5.56 Å². The average molecular weight is 462 g/mol. The summed E-state index contributed by atoms with van der Waals surface area (Å²) in [4.78, 5) is 20.8. The fourth-order valence-corrected chi connectivity index (χ4v) is 6.42. The molecule has 34 heavy (non-hydrogen) atoms. The van der Waals surface area contributed by atoms with E-state index >= 15 is 0 Å². The number of anilines is 1. The van der Waals surface area contributed by atoms with Gasteiger partial charge in [-0.05, 0) is 48.2 Å². The molecule has 0 atom stereocenters. The number of hydrogen-bond acceptors (Lipinski definition) is 5. The van der Waals surface area contributed by atoms with Crippen LogP contribution in [0.5, 0.6) is 11.5 Å². The van der Waals surface area contributed by atoms with Crippen molar-refractivity contribution in [1.82, 2.24) is 9.80 Å². The van der Waals surface area contributed by atoms with Gasteiger partial charge in [-0.1, -0.05) is 38.8 Å². The van der Waals surface area contributed by atoms with E-state index in [0.29, 0.717) is 30.2 Å². The molecule has 2 aromatic rings. The van der Waals surface area contributed by atoms with Gasteiger partial charge in [0.2, 0.25) is 6.79 Å². The highest BCUT2D eigenvalue weighted by Crippen LogP contribution is 2.39. The maximum absolute atomic E-state index is 13.6. The highest BCUT2D eigenvalue weighted by molar-refractivity contribution is 5.98. The first-order chi connectivity index (χ1) is 16.5. The van der Waals surface area contributed by atoms with Crippen molar-refractivity contribution in [3.05, 3.63) is 53.1 Å². The van der Waals surface area contributed by atoms with Crippen molar-refractivity contribution in [2.45, 2.75) is 57.5 Å². The van der Waals surface area contributed by atoms with E-state index in [1.165, 1.54) is 42.5 Å². The Morgan fingerprint density at radius 3 is 2.59 bits per heavy atom. The molecule has 0 unspecified atom stereocenters. The number of amides is 1. The van der Waals surface area contributed by atoms with Crippen LogP contribution in [-0.4, -0.2) is 61.3 Å². The summed E-state index contributed by atoms with van der Waals surface area (Å²) in [6.07, 6.45) is 5.54. The molecule has 1 amide bonds. The van der Waals surface area contributed by atoms with E-state index in [2.05, 4.69) is 41.8 Å². The molecule has 1 saturated heterocycles. The number of ether oxygens (including phenoxy) is 2. The fourth-order valence-electron chi connectivity index (χ4n) is 6.42. The van der Waals surface area contributed by atoms with Gasteiger partial charge in [-0.25, -0.2) is 0 Å². The average Bonchev–Trinajstić information content (AvgIpc) is 3.55. The van der Waals surface area contributed by atoms with E-state index in [-0.39, 0.29) is 18.1 Å². The summed E-state index contributed by atoms with van der Waals surface area (Å²) in [7, 11) is 0. The van der Waals surface area contributed by atoms with Crippen LogP contribution in [0, 0.1) is 0 Å². The highest BCUT2D eigenvalue weighted by atomic mass is 16.7. The second kappa shape index (κ2) is 8.49. The van der Waals surface area contributed by atoms with Crippen molar-refractivity contribution in [2.24, 2.45) is 0 Å². The SMILES string of the molecule is CC1(C)CN(C(=O)c2cccc3c2OCO3)Cc2cc(N3CCN(C4CCCC4)CC3)ccc21. The van der Waals surface area contributed by atoms with Gasteiger partial charge in [0.25, 0.3) is 5.91 Å². The Morgan fingerprint density at radius 1 is 1.00 bits per heavy atom. The normalized spacial score (nSPS) is 22.2. The molecule has 6 nitrogen and oxygen atoms in total. The van der Waals surface area contributed by atoms with Gasteiger partial charge in [-0.3, -0.25) is 9.69 Å². The Balaban J connectivity index is 1.22. The Bertz CT molecular complexity index is 1080. The van der Waals surface area contributed by atoms with Crippen LogP contribution in [0.3, 0.4) is 0 Å². The molecule has 6 rings (SSSR count). The maximum atomic E-state index is 13.6.